The summed E-state index contributed by atoms with van der Waals surface area (Å²) in [6.45, 7) is 2.60. The molecule has 0 bridgehead atoms. The molecule has 0 aliphatic rings. The zero-order chi connectivity index (χ0) is 22.1. The van der Waals surface area contributed by atoms with Gasteiger partial charge in [-0.05, 0) is 42.8 Å². The van der Waals surface area contributed by atoms with E-state index in [1.807, 2.05) is 66.2 Å². The highest BCUT2D eigenvalue weighted by molar-refractivity contribution is 7.70. The summed E-state index contributed by atoms with van der Waals surface area (Å²) in [6, 6.07) is 21.6. The van der Waals surface area contributed by atoms with Crippen molar-refractivity contribution in [3.8, 4) is 5.95 Å². The monoisotopic (exact) mass is 447 g/mol. The van der Waals surface area contributed by atoms with Crippen LogP contribution in [-0.2, 0) is 17.4 Å². The Morgan fingerprint density at radius 3 is 2.59 bits per heavy atom. The molecule has 32 heavy (non-hydrogen) atoms. The lowest BCUT2D eigenvalue weighted by molar-refractivity contribution is 0.607. The number of hydrogen-bond donors (Lipinski definition) is 4. The fraction of sp³-hybridized carbons (Fsp3) is 0.0909. The molecule has 3 N–H and O–H groups in total. The van der Waals surface area contributed by atoms with Gasteiger partial charge in [0.1, 0.15) is 5.52 Å². The Morgan fingerprint density at radius 1 is 0.969 bits per heavy atom. The second kappa shape index (κ2) is 8.33. The summed E-state index contributed by atoms with van der Waals surface area (Å²) in [6.07, 6.45) is 1.89. The van der Waals surface area contributed by atoms with Crippen molar-refractivity contribution in [2.45, 2.75) is 13.5 Å². The molecule has 3 heterocycles. The number of aromatic nitrogens is 4. The van der Waals surface area contributed by atoms with E-state index in [-0.39, 0.29) is 0 Å². The van der Waals surface area contributed by atoms with Crippen molar-refractivity contribution in [3.63, 3.8) is 0 Å². The molecule has 0 aliphatic heterocycles. The molecular formula is C22H21N7O2S. The van der Waals surface area contributed by atoms with Gasteiger partial charge in [-0.3, -0.25) is 4.57 Å². The molecule has 9 nitrogen and oxygen atoms in total. The fourth-order valence-corrected chi connectivity index (χ4v) is 3.98. The molecule has 0 aliphatic carbocycles. The first-order valence-electron chi connectivity index (χ1n) is 10.0. The SMILES string of the molecule is Cc1cc2c(NN[SH](=O)=O)cccc2n1-c1nc(NCc2ccccc2)c2cccn2n1. The molecule has 5 aromatic rings. The van der Waals surface area contributed by atoms with Gasteiger partial charge in [0.15, 0.2) is 5.82 Å². The molecule has 0 amide bonds. The van der Waals surface area contributed by atoms with Crippen LogP contribution in [0.1, 0.15) is 11.3 Å². The van der Waals surface area contributed by atoms with Crippen LogP contribution in [0.25, 0.3) is 22.4 Å². The van der Waals surface area contributed by atoms with Crippen molar-refractivity contribution in [1.29, 1.82) is 0 Å². The summed E-state index contributed by atoms with van der Waals surface area (Å²) in [5.41, 5.74) is 7.19. The Balaban J connectivity index is 1.59. The second-order valence-electron chi connectivity index (χ2n) is 7.29. The lowest BCUT2D eigenvalue weighted by Crippen LogP contribution is -2.19. The summed E-state index contributed by atoms with van der Waals surface area (Å²) in [5.74, 6) is 1.24. The topological polar surface area (TPSA) is 105 Å². The molecule has 10 heteroatoms. The van der Waals surface area contributed by atoms with E-state index in [4.69, 9.17) is 10.1 Å². The van der Waals surface area contributed by atoms with Crippen LogP contribution in [-0.4, -0.2) is 27.6 Å². The van der Waals surface area contributed by atoms with E-state index in [0.29, 0.717) is 18.2 Å². The van der Waals surface area contributed by atoms with Gasteiger partial charge in [0.05, 0.1) is 11.2 Å². The number of rotatable bonds is 7. The highest BCUT2D eigenvalue weighted by Crippen LogP contribution is 2.29. The van der Waals surface area contributed by atoms with Gasteiger partial charge in [-0.1, -0.05) is 36.4 Å². The largest absolute Gasteiger partial charge is 0.364 e. The van der Waals surface area contributed by atoms with Gasteiger partial charge in [-0.25, -0.2) is 12.9 Å². The van der Waals surface area contributed by atoms with Gasteiger partial charge in [0.25, 0.3) is 5.95 Å². The van der Waals surface area contributed by atoms with E-state index in [2.05, 4.69) is 27.7 Å². The van der Waals surface area contributed by atoms with Crippen molar-refractivity contribution in [1.82, 2.24) is 24.0 Å². The maximum atomic E-state index is 10.9. The maximum Gasteiger partial charge on any atom is 0.254 e. The molecule has 3 aromatic heterocycles. The molecule has 162 valence electrons. The number of hydrazine groups is 1. The highest BCUT2D eigenvalue weighted by atomic mass is 32.2. The molecule has 5 rings (SSSR count). The van der Waals surface area contributed by atoms with E-state index in [0.717, 1.165) is 33.5 Å². The van der Waals surface area contributed by atoms with Crippen LogP contribution in [0.15, 0.2) is 72.9 Å². The zero-order valence-corrected chi connectivity index (χ0v) is 18.1. The number of thiol groups is 1. The smallest absolute Gasteiger partial charge is 0.254 e. The minimum atomic E-state index is -2.77. The maximum absolute atomic E-state index is 10.9. The van der Waals surface area contributed by atoms with Crippen LogP contribution >= 0.6 is 0 Å². The number of nitrogens with one attached hydrogen (secondary N) is 3. The first-order chi connectivity index (χ1) is 15.6. The van der Waals surface area contributed by atoms with E-state index in [9.17, 15) is 8.42 Å². The minimum absolute atomic E-state index is 0.511. The minimum Gasteiger partial charge on any atom is -0.364 e. The van der Waals surface area contributed by atoms with Crippen molar-refractivity contribution < 1.29 is 8.42 Å². The number of benzene rings is 2. The lowest BCUT2D eigenvalue weighted by atomic mass is 10.2. The summed E-state index contributed by atoms with van der Waals surface area (Å²) < 4.78 is 25.6. The van der Waals surface area contributed by atoms with Crippen molar-refractivity contribution in [3.05, 3.63) is 84.2 Å². The first-order valence-corrected chi connectivity index (χ1v) is 11.2. The average molecular weight is 448 g/mol. The van der Waals surface area contributed by atoms with Crippen LogP contribution in [0.4, 0.5) is 11.5 Å². The third-order valence-electron chi connectivity index (χ3n) is 5.19. The molecule has 2 aromatic carbocycles. The number of anilines is 2. The van der Waals surface area contributed by atoms with Crippen molar-refractivity contribution in [2.75, 3.05) is 10.7 Å². The molecular weight excluding hydrogens is 426 g/mol. The standard InChI is InChI=1S/C22H21N7O2S/c1-15-13-17-18(25-27-32(30)31)9-5-10-19(17)29(15)22-24-21(20-11-6-12-28(20)26-22)23-14-16-7-3-2-4-8-16/h2-13,25,32H,14H2,1H3,(H,23,24,26)(H,27,30,31). The summed E-state index contributed by atoms with van der Waals surface area (Å²) in [7, 11) is -2.77. The predicted molar refractivity (Wildman–Crippen MR) is 125 cm³/mol. The molecule has 0 atom stereocenters. The number of hydrogen-bond acceptors (Lipinski definition) is 6. The number of fused-ring (bicyclic) bond motifs is 2. The van der Waals surface area contributed by atoms with E-state index in [1.165, 1.54) is 0 Å². The van der Waals surface area contributed by atoms with Gasteiger partial charge in [0, 0.05) is 23.8 Å². The first kappa shape index (κ1) is 20.0. The normalized spacial score (nSPS) is 11.4. The summed E-state index contributed by atoms with van der Waals surface area (Å²) in [5, 5.41) is 8.98. The van der Waals surface area contributed by atoms with Crippen LogP contribution < -0.4 is 15.6 Å². The molecule has 0 radical (unpaired) electrons. The number of aryl methyl sites for hydroxylation is 1. The van der Waals surface area contributed by atoms with Crippen LogP contribution in [0.3, 0.4) is 0 Å². The van der Waals surface area contributed by atoms with Crippen LogP contribution in [0.5, 0.6) is 0 Å². The Kier molecular flexibility index (Phi) is 5.21. The van der Waals surface area contributed by atoms with Gasteiger partial charge in [-0.2, -0.15) is 4.98 Å². The Bertz CT molecular complexity index is 1480. The third-order valence-corrected chi connectivity index (χ3v) is 5.49. The second-order valence-corrected chi connectivity index (χ2v) is 8.03. The van der Waals surface area contributed by atoms with E-state index < -0.39 is 10.9 Å². The average Bonchev–Trinajstić information content (AvgIpc) is 3.40. The Labute approximate surface area is 185 Å². The molecule has 0 unspecified atom stereocenters. The van der Waals surface area contributed by atoms with E-state index >= 15 is 0 Å². The third kappa shape index (κ3) is 3.77. The number of nitrogens with zero attached hydrogens (tertiary/aromatic N) is 4. The van der Waals surface area contributed by atoms with Crippen molar-refractivity contribution in [2.24, 2.45) is 0 Å². The quantitative estimate of drug-likeness (QED) is 0.226. The molecule has 0 saturated carbocycles. The molecule has 0 fully saturated rings. The summed E-state index contributed by atoms with van der Waals surface area (Å²) >= 11 is 0. The van der Waals surface area contributed by atoms with E-state index in [1.54, 1.807) is 10.6 Å². The van der Waals surface area contributed by atoms with Crippen LogP contribution in [0, 0.1) is 6.92 Å². The summed E-state index contributed by atoms with van der Waals surface area (Å²) in [4.78, 5) is 7.07. The van der Waals surface area contributed by atoms with Crippen LogP contribution in [0.2, 0.25) is 0 Å². The van der Waals surface area contributed by atoms with Gasteiger partial charge in [0.2, 0.25) is 10.9 Å². The molecule has 0 saturated heterocycles. The Morgan fingerprint density at radius 2 is 1.78 bits per heavy atom. The van der Waals surface area contributed by atoms with Gasteiger partial charge in [-0.15, -0.1) is 9.93 Å². The highest BCUT2D eigenvalue weighted by Gasteiger charge is 2.15. The molecule has 0 spiro atoms. The zero-order valence-electron chi connectivity index (χ0n) is 17.2. The predicted octanol–water partition coefficient (Wildman–Crippen LogP) is 3.04. The Hall–Kier alpha value is -3.89. The van der Waals surface area contributed by atoms with Gasteiger partial charge < -0.3 is 10.7 Å². The van der Waals surface area contributed by atoms with Crippen molar-refractivity contribution >= 4 is 38.8 Å². The lowest BCUT2D eigenvalue weighted by Gasteiger charge is -2.12. The fourth-order valence-electron chi connectivity index (χ4n) is 3.77. The van der Waals surface area contributed by atoms with Gasteiger partial charge >= 0.3 is 0 Å².